The molecule has 0 aliphatic heterocycles. The van der Waals surface area contributed by atoms with Crippen molar-refractivity contribution in [3.63, 3.8) is 0 Å². The van der Waals surface area contributed by atoms with Crippen molar-refractivity contribution in [2.45, 2.75) is 38.0 Å². The molecule has 0 N–H and O–H groups in total. The van der Waals surface area contributed by atoms with Gasteiger partial charge in [-0.25, -0.2) is 9.78 Å². The van der Waals surface area contributed by atoms with E-state index in [1.165, 1.54) is 24.4 Å². The Bertz CT molecular complexity index is 1540. The number of hydrogen-bond donors (Lipinski definition) is 0. The number of rotatable bonds is 5. The van der Waals surface area contributed by atoms with Crippen LogP contribution in [0.2, 0.25) is 5.02 Å². The Labute approximate surface area is 220 Å². The maximum Gasteiger partial charge on any atom is 0.337 e. The largest absolute Gasteiger partial charge is 0.465 e. The summed E-state index contributed by atoms with van der Waals surface area (Å²) in [4.78, 5) is 30.2. The minimum Gasteiger partial charge on any atom is -0.465 e. The number of halogens is 2. The zero-order valence-corrected chi connectivity index (χ0v) is 21.9. The monoisotopic (exact) mass is 567 g/mol. The van der Waals surface area contributed by atoms with Gasteiger partial charge >= 0.3 is 5.97 Å². The standard InChI is InChI=1S/C27H23BrClN3O4/c1-35-27(34)17-7-10-22(29)20(13-17)24-12-9-19(36-24)15-30-32-25(16-5-3-2-4-6-16)31-23-11-8-18(28)14-21(23)26(32)33/h7-16H,2-6H2,1H3. The molecule has 0 atom stereocenters. The number of carbonyl (C=O) groups is 1. The minimum atomic E-state index is -0.466. The lowest BCUT2D eigenvalue weighted by Crippen LogP contribution is -2.25. The Kier molecular flexibility index (Phi) is 7.07. The van der Waals surface area contributed by atoms with Gasteiger partial charge in [-0.3, -0.25) is 4.79 Å². The summed E-state index contributed by atoms with van der Waals surface area (Å²) in [6.07, 6.45) is 6.86. The summed E-state index contributed by atoms with van der Waals surface area (Å²) in [6.45, 7) is 0. The second kappa shape index (κ2) is 10.4. The highest BCUT2D eigenvalue weighted by Gasteiger charge is 2.22. The molecule has 36 heavy (non-hydrogen) atoms. The quantitative estimate of drug-likeness (QED) is 0.195. The Hall–Kier alpha value is -3.23. The molecule has 0 spiro atoms. The first kappa shape index (κ1) is 24.5. The molecular formula is C27H23BrClN3O4. The van der Waals surface area contributed by atoms with Gasteiger partial charge in [-0.05, 0) is 61.4 Å². The van der Waals surface area contributed by atoms with E-state index in [9.17, 15) is 9.59 Å². The van der Waals surface area contributed by atoms with Crippen LogP contribution in [-0.2, 0) is 4.74 Å². The number of carbonyl (C=O) groups excluding carboxylic acids is 1. The summed E-state index contributed by atoms with van der Waals surface area (Å²) in [5.41, 5.74) is 1.35. The molecule has 0 bridgehead atoms. The minimum absolute atomic E-state index is 0.170. The summed E-state index contributed by atoms with van der Waals surface area (Å²) >= 11 is 9.80. The van der Waals surface area contributed by atoms with Gasteiger partial charge in [0.05, 0.1) is 34.8 Å². The second-order valence-corrected chi connectivity index (χ2v) is 10.0. The third kappa shape index (κ3) is 4.88. The molecule has 2 heterocycles. The molecule has 4 aromatic rings. The maximum absolute atomic E-state index is 13.5. The number of esters is 1. The first-order chi connectivity index (χ1) is 17.4. The van der Waals surface area contributed by atoms with Gasteiger partial charge in [0.1, 0.15) is 17.3 Å². The van der Waals surface area contributed by atoms with Gasteiger partial charge in [0.2, 0.25) is 0 Å². The average molecular weight is 569 g/mol. The van der Waals surface area contributed by atoms with Gasteiger partial charge in [-0.1, -0.05) is 46.8 Å². The van der Waals surface area contributed by atoms with E-state index in [0.29, 0.717) is 44.4 Å². The van der Waals surface area contributed by atoms with Crippen molar-refractivity contribution in [3.05, 3.63) is 85.5 Å². The van der Waals surface area contributed by atoms with E-state index in [1.807, 2.05) is 12.1 Å². The van der Waals surface area contributed by atoms with Crippen LogP contribution in [0.3, 0.4) is 0 Å². The maximum atomic E-state index is 13.5. The highest BCUT2D eigenvalue weighted by Crippen LogP contribution is 2.33. The van der Waals surface area contributed by atoms with Crippen LogP contribution in [0.25, 0.3) is 22.2 Å². The van der Waals surface area contributed by atoms with Gasteiger partial charge in [-0.15, -0.1) is 0 Å². The summed E-state index contributed by atoms with van der Waals surface area (Å²) in [5.74, 6) is 1.27. The Morgan fingerprint density at radius 2 is 1.97 bits per heavy atom. The number of benzene rings is 2. The number of ether oxygens (including phenoxy) is 1. The third-order valence-electron chi connectivity index (χ3n) is 6.38. The molecule has 5 rings (SSSR count). The van der Waals surface area contributed by atoms with Crippen molar-refractivity contribution < 1.29 is 13.9 Å². The molecular weight excluding hydrogens is 546 g/mol. The van der Waals surface area contributed by atoms with Crippen LogP contribution in [-0.4, -0.2) is 29.0 Å². The van der Waals surface area contributed by atoms with Gasteiger partial charge in [0, 0.05) is 16.0 Å². The predicted octanol–water partition coefficient (Wildman–Crippen LogP) is 6.79. The van der Waals surface area contributed by atoms with Crippen LogP contribution < -0.4 is 5.56 Å². The first-order valence-corrected chi connectivity index (χ1v) is 12.9. The smallest absolute Gasteiger partial charge is 0.337 e. The highest BCUT2D eigenvalue weighted by molar-refractivity contribution is 9.10. The molecule has 9 heteroatoms. The molecule has 0 radical (unpaired) electrons. The summed E-state index contributed by atoms with van der Waals surface area (Å²) < 4.78 is 12.9. The summed E-state index contributed by atoms with van der Waals surface area (Å²) in [5, 5.41) is 5.44. The van der Waals surface area contributed by atoms with Crippen molar-refractivity contribution >= 4 is 50.6 Å². The van der Waals surface area contributed by atoms with Crippen LogP contribution >= 0.6 is 27.5 Å². The van der Waals surface area contributed by atoms with Crippen molar-refractivity contribution in [2.24, 2.45) is 5.10 Å². The number of fused-ring (bicyclic) bond motifs is 1. The molecule has 0 saturated heterocycles. The van der Waals surface area contributed by atoms with Crippen LogP contribution in [0.4, 0.5) is 0 Å². The van der Waals surface area contributed by atoms with Crippen molar-refractivity contribution in [1.29, 1.82) is 0 Å². The normalized spacial score (nSPS) is 14.5. The average Bonchev–Trinajstić information content (AvgIpc) is 3.37. The van der Waals surface area contributed by atoms with Crippen molar-refractivity contribution in [1.82, 2.24) is 9.66 Å². The number of hydrogen-bond acceptors (Lipinski definition) is 6. The first-order valence-electron chi connectivity index (χ1n) is 11.7. The van der Waals surface area contributed by atoms with Gasteiger partial charge < -0.3 is 9.15 Å². The zero-order valence-electron chi connectivity index (χ0n) is 19.5. The van der Waals surface area contributed by atoms with Crippen molar-refractivity contribution in [3.8, 4) is 11.3 Å². The number of aromatic nitrogens is 2. The van der Waals surface area contributed by atoms with Crippen molar-refractivity contribution in [2.75, 3.05) is 7.11 Å². The molecule has 1 saturated carbocycles. The Morgan fingerprint density at radius 3 is 2.75 bits per heavy atom. The van der Waals surface area contributed by atoms with Crippen LogP contribution in [0.15, 0.2) is 67.3 Å². The Balaban J connectivity index is 1.54. The fourth-order valence-electron chi connectivity index (χ4n) is 4.54. The predicted molar refractivity (Wildman–Crippen MR) is 143 cm³/mol. The highest BCUT2D eigenvalue weighted by atomic mass is 79.9. The van der Waals surface area contributed by atoms with E-state index in [0.717, 1.165) is 30.2 Å². The zero-order chi connectivity index (χ0) is 25.2. The second-order valence-electron chi connectivity index (χ2n) is 8.72. The lowest BCUT2D eigenvalue weighted by atomic mass is 9.88. The molecule has 0 unspecified atom stereocenters. The number of furan rings is 1. The fourth-order valence-corrected chi connectivity index (χ4v) is 5.11. The van der Waals surface area contributed by atoms with E-state index in [2.05, 4.69) is 21.0 Å². The van der Waals surface area contributed by atoms with Gasteiger partial charge in [-0.2, -0.15) is 9.78 Å². The van der Waals surface area contributed by atoms with Crippen LogP contribution in [0, 0.1) is 0 Å². The molecule has 1 fully saturated rings. The third-order valence-corrected chi connectivity index (χ3v) is 7.21. The van der Waals surface area contributed by atoms with E-state index in [4.69, 9.17) is 25.7 Å². The van der Waals surface area contributed by atoms with E-state index in [1.54, 1.807) is 36.4 Å². The topological polar surface area (TPSA) is 86.7 Å². The lowest BCUT2D eigenvalue weighted by Gasteiger charge is -2.22. The molecule has 1 aliphatic carbocycles. The van der Waals surface area contributed by atoms with Gasteiger partial charge in [0.25, 0.3) is 5.56 Å². The van der Waals surface area contributed by atoms with Crippen LogP contribution in [0.1, 0.15) is 60.0 Å². The van der Waals surface area contributed by atoms with Crippen LogP contribution in [0.5, 0.6) is 0 Å². The molecule has 7 nitrogen and oxygen atoms in total. The molecule has 2 aromatic heterocycles. The summed E-state index contributed by atoms with van der Waals surface area (Å²) in [6, 6.07) is 13.8. The molecule has 184 valence electrons. The molecule has 2 aromatic carbocycles. The number of nitrogens with zero attached hydrogens (tertiary/aromatic N) is 3. The van der Waals surface area contributed by atoms with E-state index >= 15 is 0 Å². The van der Waals surface area contributed by atoms with Gasteiger partial charge in [0.15, 0.2) is 0 Å². The van der Waals surface area contributed by atoms with E-state index in [-0.39, 0.29) is 11.5 Å². The van der Waals surface area contributed by atoms with E-state index < -0.39 is 5.97 Å². The molecule has 1 aliphatic rings. The number of methoxy groups -OCH3 is 1. The summed E-state index contributed by atoms with van der Waals surface area (Å²) in [7, 11) is 1.32. The molecule has 0 amide bonds. The fraction of sp³-hybridized carbons (Fsp3) is 0.259. The Morgan fingerprint density at radius 1 is 1.17 bits per heavy atom. The SMILES string of the molecule is COC(=O)c1ccc(Cl)c(-c2ccc(C=Nn3c(C4CCCCC4)nc4ccc(Br)cc4c3=O)o2)c1. The lowest BCUT2D eigenvalue weighted by molar-refractivity contribution is 0.0601.